The van der Waals surface area contributed by atoms with Gasteiger partial charge in [-0.15, -0.1) is 0 Å². The number of hydrogen-bond acceptors (Lipinski definition) is 3. The summed E-state index contributed by atoms with van der Waals surface area (Å²) in [5.41, 5.74) is 2.05. The minimum atomic E-state index is -0.491. The fourth-order valence-electron chi connectivity index (χ4n) is 3.22. The van der Waals surface area contributed by atoms with Crippen LogP contribution in [0.4, 0.5) is 0 Å². The molecule has 2 aromatic rings. The van der Waals surface area contributed by atoms with Gasteiger partial charge in [0.1, 0.15) is 11.8 Å². The molecule has 0 radical (unpaired) electrons. The zero-order valence-corrected chi connectivity index (χ0v) is 17.0. The van der Waals surface area contributed by atoms with Gasteiger partial charge in [-0.1, -0.05) is 49.4 Å². The summed E-state index contributed by atoms with van der Waals surface area (Å²) in [4.78, 5) is 27.4. The van der Waals surface area contributed by atoms with Crippen molar-refractivity contribution in [3.63, 3.8) is 0 Å². The van der Waals surface area contributed by atoms with E-state index in [1.807, 2.05) is 68.4 Å². The van der Waals surface area contributed by atoms with Crippen molar-refractivity contribution >= 4 is 11.8 Å². The van der Waals surface area contributed by atoms with Gasteiger partial charge in [0.05, 0.1) is 7.11 Å². The highest BCUT2D eigenvalue weighted by atomic mass is 16.5. The predicted molar refractivity (Wildman–Crippen MR) is 111 cm³/mol. The molecular formula is C23H30N2O3. The number of benzene rings is 2. The SMILES string of the molecule is CCNC(=O)[C@@H](CC)N(Cc1cccc(OC)c1)C(=O)CCc1ccccc1. The Morgan fingerprint density at radius 1 is 1.04 bits per heavy atom. The zero-order chi connectivity index (χ0) is 20.4. The van der Waals surface area contributed by atoms with E-state index < -0.39 is 6.04 Å². The first kappa shape index (κ1) is 21.5. The molecular weight excluding hydrogens is 352 g/mol. The van der Waals surface area contributed by atoms with E-state index in [2.05, 4.69) is 5.32 Å². The fourth-order valence-corrected chi connectivity index (χ4v) is 3.22. The lowest BCUT2D eigenvalue weighted by Gasteiger charge is -2.30. The second-order valence-electron chi connectivity index (χ2n) is 6.68. The number of hydrogen-bond donors (Lipinski definition) is 1. The lowest BCUT2D eigenvalue weighted by molar-refractivity contribution is -0.141. The third-order valence-corrected chi connectivity index (χ3v) is 4.69. The van der Waals surface area contributed by atoms with Crippen LogP contribution in [0.3, 0.4) is 0 Å². The summed E-state index contributed by atoms with van der Waals surface area (Å²) in [6.45, 7) is 4.73. The molecule has 2 aromatic carbocycles. The Balaban J connectivity index is 2.20. The molecule has 0 unspecified atom stereocenters. The highest BCUT2D eigenvalue weighted by molar-refractivity contribution is 5.87. The Morgan fingerprint density at radius 3 is 2.39 bits per heavy atom. The van der Waals surface area contributed by atoms with Gasteiger partial charge in [-0.25, -0.2) is 0 Å². The van der Waals surface area contributed by atoms with Crippen LogP contribution >= 0.6 is 0 Å². The molecule has 28 heavy (non-hydrogen) atoms. The van der Waals surface area contributed by atoms with Crippen molar-refractivity contribution in [2.24, 2.45) is 0 Å². The summed E-state index contributed by atoms with van der Waals surface area (Å²) < 4.78 is 5.29. The zero-order valence-electron chi connectivity index (χ0n) is 17.0. The first-order valence-corrected chi connectivity index (χ1v) is 9.83. The smallest absolute Gasteiger partial charge is 0.242 e. The number of aryl methyl sites for hydroxylation is 1. The molecule has 150 valence electrons. The van der Waals surface area contributed by atoms with Crippen molar-refractivity contribution in [1.82, 2.24) is 10.2 Å². The van der Waals surface area contributed by atoms with Gasteiger partial charge in [0.25, 0.3) is 0 Å². The van der Waals surface area contributed by atoms with Crippen LogP contribution in [-0.2, 0) is 22.6 Å². The summed E-state index contributed by atoms with van der Waals surface area (Å²) in [6.07, 6.45) is 1.58. The molecule has 0 heterocycles. The highest BCUT2D eigenvalue weighted by Gasteiger charge is 2.28. The van der Waals surface area contributed by atoms with Crippen molar-refractivity contribution < 1.29 is 14.3 Å². The van der Waals surface area contributed by atoms with E-state index in [0.29, 0.717) is 32.4 Å². The molecule has 0 spiro atoms. The van der Waals surface area contributed by atoms with Crippen molar-refractivity contribution in [2.45, 2.75) is 45.7 Å². The monoisotopic (exact) mass is 382 g/mol. The van der Waals surface area contributed by atoms with Crippen LogP contribution in [0.2, 0.25) is 0 Å². The maximum Gasteiger partial charge on any atom is 0.242 e. The number of amides is 2. The summed E-state index contributed by atoms with van der Waals surface area (Å²) in [5.74, 6) is 0.603. The number of nitrogens with zero attached hydrogens (tertiary/aromatic N) is 1. The molecule has 1 atom stereocenters. The van der Waals surface area contributed by atoms with Crippen LogP contribution in [0.5, 0.6) is 5.75 Å². The molecule has 2 amide bonds. The maximum absolute atomic E-state index is 13.1. The molecule has 5 heteroatoms. The molecule has 0 fully saturated rings. The lowest BCUT2D eigenvalue weighted by Crippen LogP contribution is -2.49. The number of ether oxygens (including phenoxy) is 1. The fraction of sp³-hybridized carbons (Fsp3) is 0.391. The highest BCUT2D eigenvalue weighted by Crippen LogP contribution is 2.18. The molecule has 0 bridgehead atoms. The van der Waals surface area contributed by atoms with Crippen LogP contribution in [0, 0.1) is 0 Å². The third kappa shape index (κ3) is 6.12. The molecule has 0 aliphatic heterocycles. The Bertz CT molecular complexity index is 761. The van der Waals surface area contributed by atoms with Gasteiger partial charge in [0, 0.05) is 19.5 Å². The molecule has 5 nitrogen and oxygen atoms in total. The van der Waals surface area contributed by atoms with E-state index in [1.165, 1.54) is 0 Å². The van der Waals surface area contributed by atoms with E-state index in [4.69, 9.17) is 4.74 Å². The van der Waals surface area contributed by atoms with Crippen LogP contribution in [0.25, 0.3) is 0 Å². The minimum absolute atomic E-state index is 0.0234. The quantitative estimate of drug-likeness (QED) is 0.683. The van der Waals surface area contributed by atoms with Crippen LogP contribution in [-0.4, -0.2) is 36.4 Å². The minimum Gasteiger partial charge on any atom is -0.497 e. The molecule has 0 saturated carbocycles. The number of nitrogens with one attached hydrogen (secondary N) is 1. The van der Waals surface area contributed by atoms with Crippen LogP contribution in [0.1, 0.15) is 37.8 Å². The molecule has 2 rings (SSSR count). The molecule has 0 saturated heterocycles. The average Bonchev–Trinajstić information content (AvgIpc) is 2.73. The second kappa shape index (κ2) is 11.1. The number of carbonyl (C=O) groups is 2. The van der Waals surface area contributed by atoms with Crippen molar-refractivity contribution in [3.05, 3.63) is 65.7 Å². The third-order valence-electron chi connectivity index (χ3n) is 4.69. The van der Waals surface area contributed by atoms with Crippen LogP contribution < -0.4 is 10.1 Å². The summed E-state index contributed by atoms with van der Waals surface area (Å²) in [7, 11) is 1.62. The Kier molecular flexibility index (Phi) is 8.53. The van der Waals surface area contributed by atoms with E-state index in [-0.39, 0.29) is 11.8 Å². The van der Waals surface area contributed by atoms with E-state index >= 15 is 0 Å². The van der Waals surface area contributed by atoms with Crippen molar-refractivity contribution in [3.8, 4) is 5.75 Å². The summed E-state index contributed by atoms with van der Waals surface area (Å²) in [6, 6.07) is 17.1. The normalized spacial score (nSPS) is 11.5. The number of likely N-dealkylation sites (N-methyl/N-ethyl adjacent to an activating group) is 1. The topological polar surface area (TPSA) is 58.6 Å². The van der Waals surface area contributed by atoms with Crippen molar-refractivity contribution in [1.29, 1.82) is 0 Å². The number of methoxy groups -OCH3 is 1. The molecule has 0 aromatic heterocycles. The predicted octanol–water partition coefficient (Wildman–Crippen LogP) is 3.57. The first-order valence-electron chi connectivity index (χ1n) is 9.83. The Morgan fingerprint density at radius 2 is 1.75 bits per heavy atom. The summed E-state index contributed by atoms with van der Waals surface area (Å²) in [5, 5.41) is 2.86. The number of carbonyl (C=O) groups excluding carboxylic acids is 2. The van der Waals surface area contributed by atoms with Gasteiger partial charge in [-0.2, -0.15) is 0 Å². The molecule has 0 aliphatic carbocycles. The largest absolute Gasteiger partial charge is 0.497 e. The lowest BCUT2D eigenvalue weighted by atomic mass is 10.1. The van der Waals surface area contributed by atoms with Gasteiger partial charge in [-0.05, 0) is 43.0 Å². The average molecular weight is 383 g/mol. The van der Waals surface area contributed by atoms with E-state index in [0.717, 1.165) is 16.9 Å². The van der Waals surface area contributed by atoms with Gasteiger partial charge >= 0.3 is 0 Å². The second-order valence-corrected chi connectivity index (χ2v) is 6.68. The van der Waals surface area contributed by atoms with Gasteiger partial charge in [0.2, 0.25) is 11.8 Å². The Hall–Kier alpha value is -2.82. The molecule has 0 aliphatic rings. The van der Waals surface area contributed by atoms with Gasteiger partial charge < -0.3 is 15.0 Å². The summed E-state index contributed by atoms with van der Waals surface area (Å²) >= 11 is 0. The van der Waals surface area contributed by atoms with Crippen molar-refractivity contribution in [2.75, 3.05) is 13.7 Å². The first-order chi connectivity index (χ1) is 13.6. The van der Waals surface area contributed by atoms with Crippen LogP contribution in [0.15, 0.2) is 54.6 Å². The van der Waals surface area contributed by atoms with Gasteiger partial charge in [0.15, 0.2) is 0 Å². The van der Waals surface area contributed by atoms with Gasteiger partial charge in [-0.3, -0.25) is 9.59 Å². The molecule has 1 N–H and O–H groups in total. The Labute approximate surface area is 167 Å². The standard InChI is InChI=1S/C23H30N2O3/c1-4-21(23(27)24-5-2)25(17-19-12-9-13-20(16-19)28-3)22(26)15-14-18-10-7-6-8-11-18/h6-13,16,21H,4-5,14-15,17H2,1-3H3,(H,24,27)/t21-/m1/s1. The number of rotatable bonds is 10. The van der Waals surface area contributed by atoms with E-state index in [1.54, 1.807) is 12.0 Å². The maximum atomic E-state index is 13.1. The van der Waals surface area contributed by atoms with E-state index in [9.17, 15) is 9.59 Å².